The lowest BCUT2D eigenvalue weighted by molar-refractivity contribution is 0.164. The third kappa shape index (κ3) is 1.58. The molecule has 1 unspecified atom stereocenters. The topological polar surface area (TPSA) is 22.4 Å². The average Bonchev–Trinajstić information content (AvgIpc) is 2.71. The third-order valence-corrected chi connectivity index (χ3v) is 2.09. The molecule has 1 aliphatic rings. The van der Waals surface area contributed by atoms with Crippen LogP contribution in [0.3, 0.4) is 0 Å². The van der Waals surface area contributed by atoms with Gasteiger partial charge >= 0.3 is 0 Å². The Labute approximate surface area is 77.5 Å². The number of furan rings is 1. The van der Waals surface area contributed by atoms with E-state index in [-0.39, 0.29) is 6.10 Å². The molecule has 0 spiro atoms. The molecule has 0 N–H and O–H groups in total. The summed E-state index contributed by atoms with van der Waals surface area (Å²) in [6, 6.07) is 3.92. The lowest BCUT2D eigenvalue weighted by Gasteiger charge is -1.97. The predicted molar refractivity (Wildman–Crippen MR) is 51.4 cm³/mol. The van der Waals surface area contributed by atoms with Crippen molar-refractivity contribution < 1.29 is 9.15 Å². The first kappa shape index (κ1) is 8.32. The van der Waals surface area contributed by atoms with Crippen LogP contribution in [0.1, 0.15) is 11.5 Å². The first-order chi connectivity index (χ1) is 6.29. The van der Waals surface area contributed by atoms with Crippen LogP contribution in [-0.4, -0.2) is 12.7 Å². The van der Waals surface area contributed by atoms with Gasteiger partial charge in [-0.15, -0.1) is 6.58 Å². The molecule has 0 saturated carbocycles. The second-order valence-electron chi connectivity index (χ2n) is 3.11. The van der Waals surface area contributed by atoms with Crippen LogP contribution in [0.4, 0.5) is 0 Å². The Bertz CT molecular complexity index is 347. The number of rotatable bonds is 2. The second kappa shape index (κ2) is 3.23. The van der Waals surface area contributed by atoms with Crippen molar-refractivity contribution in [3.05, 3.63) is 42.4 Å². The zero-order valence-electron chi connectivity index (χ0n) is 7.62. The van der Waals surface area contributed by atoms with Gasteiger partial charge in [-0.25, -0.2) is 0 Å². The highest BCUT2D eigenvalue weighted by Crippen LogP contribution is 2.24. The van der Waals surface area contributed by atoms with Crippen molar-refractivity contribution >= 4 is 5.57 Å². The molecule has 0 fully saturated rings. The van der Waals surface area contributed by atoms with Gasteiger partial charge in [-0.3, -0.25) is 0 Å². The molecule has 0 aromatic carbocycles. The summed E-state index contributed by atoms with van der Waals surface area (Å²) in [4.78, 5) is 0. The fourth-order valence-corrected chi connectivity index (χ4v) is 1.38. The summed E-state index contributed by atoms with van der Waals surface area (Å²) in [5, 5.41) is 0. The van der Waals surface area contributed by atoms with E-state index in [1.807, 2.05) is 25.1 Å². The van der Waals surface area contributed by atoms with Crippen molar-refractivity contribution in [2.45, 2.75) is 13.0 Å². The Balaban J connectivity index is 2.23. The first-order valence-electron chi connectivity index (χ1n) is 4.31. The molecule has 68 valence electrons. The predicted octanol–water partition coefficient (Wildman–Crippen LogP) is 2.56. The van der Waals surface area contributed by atoms with E-state index in [1.54, 1.807) is 6.08 Å². The SMILES string of the molecule is C=CC1C=C(c2ccc(C)o2)CO1. The Morgan fingerprint density at radius 1 is 1.54 bits per heavy atom. The van der Waals surface area contributed by atoms with Gasteiger partial charge < -0.3 is 9.15 Å². The van der Waals surface area contributed by atoms with Gasteiger partial charge in [0.15, 0.2) is 0 Å². The van der Waals surface area contributed by atoms with E-state index in [0.717, 1.165) is 17.1 Å². The first-order valence-corrected chi connectivity index (χ1v) is 4.31. The van der Waals surface area contributed by atoms with Crippen LogP contribution in [0.5, 0.6) is 0 Å². The molecule has 1 atom stereocenters. The third-order valence-electron chi connectivity index (χ3n) is 2.09. The van der Waals surface area contributed by atoms with Crippen LogP contribution in [0.25, 0.3) is 5.57 Å². The van der Waals surface area contributed by atoms with E-state index in [1.165, 1.54) is 0 Å². The highest BCUT2D eigenvalue weighted by atomic mass is 16.5. The van der Waals surface area contributed by atoms with Crippen LogP contribution in [0, 0.1) is 6.92 Å². The maximum atomic E-state index is 5.48. The van der Waals surface area contributed by atoms with Gasteiger partial charge in [-0.1, -0.05) is 6.08 Å². The molecule has 1 aromatic heterocycles. The Morgan fingerprint density at radius 2 is 2.38 bits per heavy atom. The largest absolute Gasteiger partial charge is 0.462 e. The van der Waals surface area contributed by atoms with E-state index in [4.69, 9.17) is 9.15 Å². The van der Waals surface area contributed by atoms with Crippen LogP contribution in [0.2, 0.25) is 0 Å². The Hall–Kier alpha value is -1.28. The minimum absolute atomic E-state index is 0.0420. The number of hydrogen-bond acceptors (Lipinski definition) is 2. The zero-order valence-corrected chi connectivity index (χ0v) is 7.62. The molecule has 0 amide bonds. The van der Waals surface area contributed by atoms with Crippen molar-refractivity contribution in [3.8, 4) is 0 Å². The fourth-order valence-electron chi connectivity index (χ4n) is 1.38. The van der Waals surface area contributed by atoms with E-state index in [0.29, 0.717) is 6.61 Å². The molecule has 13 heavy (non-hydrogen) atoms. The summed E-state index contributed by atoms with van der Waals surface area (Å²) in [7, 11) is 0. The van der Waals surface area contributed by atoms with Crippen molar-refractivity contribution in [2.24, 2.45) is 0 Å². The van der Waals surface area contributed by atoms with Gasteiger partial charge in [0.05, 0.1) is 12.7 Å². The number of aryl methyl sites for hydroxylation is 1. The fraction of sp³-hybridized carbons (Fsp3) is 0.273. The van der Waals surface area contributed by atoms with Crippen LogP contribution < -0.4 is 0 Å². The van der Waals surface area contributed by atoms with Gasteiger partial charge in [0.25, 0.3) is 0 Å². The maximum Gasteiger partial charge on any atom is 0.132 e. The van der Waals surface area contributed by atoms with Crippen LogP contribution in [0.15, 0.2) is 35.3 Å². The summed E-state index contributed by atoms with van der Waals surface area (Å²) >= 11 is 0. The van der Waals surface area contributed by atoms with Crippen molar-refractivity contribution in [1.82, 2.24) is 0 Å². The molecule has 2 heteroatoms. The summed E-state index contributed by atoms with van der Waals surface area (Å²) in [6.45, 7) is 6.23. The lowest BCUT2D eigenvalue weighted by Crippen LogP contribution is -1.97. The molecule has 0 aliphatic carbocycles. The summed E-state index contributed by atoms with van der Waals surface area (Å²) in [6.07, 6.45) is 3.86. The normalized spacial score (nSPS) is 21.6. The molecule has 1 aliphatic heterocycles. The molecule has 1 aromatic rings. The summed E-state index contributed by atoms with van der Waals surface area (Å²) < 4.78 is 10.9. The second-order valence-corrected chi connectivity index (χ2v) is 3.11. The van der Waals surface area contributed by atoms with E-state index in [2.05, 4.69) is 6.58 Å². The van der Waals surface area contributed by atoms with Gasteiger partial charge in [0, 0.05) is 5.57 Å². The smallest absolute Gasteiger partial charge is 0.132 e. The van der Waals surface area contributed by atoms with Crippen molar-refractivity contribution in [3.63, 3.8) is 0 Å². The quantitative estimate of drug-likeness (QED) is 0.646. The van der Waals surface area contributed by atoms with E-state index < -0.39 is 0 Å². The highest BCUT2D eigenvalue weighted by Gasteiger charge is 2.16. The van der Waals surface area contributed by atoms with Crippen LogP contribution in [-0.2, 0) is 4.74 Å². The average molecular weight is 176 g/mol. The molecule has 2 heterocycles. The minimum atomic E-state index is 0.0420. The monoisotopic (exact) mass is 176 g/mol. The molecule has 0 saturated heterocycles. The summed E-state index contributed by atoms with van der Waals surface area (Å²) in [5.41, 5.74) is 1.11. The van der Waals surface area contributed by atoms with Gasteiger partial charge in [-0.2, -0.15) is 0 Å². The molecule has 2 rings (SSSR count). The maximum absolute atomic E-state index is 5.48. The van der Waals surface area contributed by atoms with E-state index in [9.17, 15) is 0 Å². The van der Waals surface area contributed by atoms with Gasteiger partial charge in [0.2, 0.25) is 0 Å². The molecule has 0 bridgehead atoms. The molecular weight excluding hydrogens is 164 g/mol. The highest BCUT2D eigenvalue weighted by molar-refractivity contribution is 5.65. The van der Waals surface area contributed by atoms with Crippen molar-refractivity contribution in [1.29, 1.82) is 0 Å². The summed E-state index contributed by atoms with van der Waals surface area (Å²) in [5.74, 6) is 1.83. The zero-order chi connectivity index (χ0) is 9.26. The number of hydrogen-bond donors (Lipinski definition) is 0. The molecular formula is C11H12O2. The molecule has 0 radical (unpaired) electrons. The van der Waals surface area contributed by atoms with Gasteiger partial charge in [0.1, 0.15) is 11.5 Å². The number of ether oxygens (including phenoxy) is 1. The van der Waals surface area contributed by atoms with Gasteiger partial charge in [-0.05, 0) is 25.1 Å². The van der Waals surface area contributed by atoms with Crippen LogP contribution >= 0.6 is 0 Å². The lowest BCUT2D eigenvalue weighted by atomic mass is 10.2. The Kier molecular flexibility index (Phi) is 2.07. The minimum Gasteiger partial charge on any atom is -0.462 e. The standard InChI is InChI=1S/C11H12O2/c1-3-10-6-9(7-12-10)11-5-4-8(2)13-11/h3-6,10H,1,7H2,2H3. The Morgan fingerprint density at radius 3 is 2.92 bits per heavy atom. The van der Waals surface area contributed by atoms with Crippen molar-refractivity contribution in [2.75, 3.05) is 6.61 Å². The molecule has 2 nitrogen and oxygen atoms in total. The van der Waals surface area contributed by atoms with E-state index >= 15 is 0 Å².